The molecule has 1 unspecified atom stereocenters. The molecule has 0 aromatic carbocycles. The van der Waals surface area contributed by atoms with Crippen molar-refractivity contribution in [3.05, 3.63) is 11.3 Å². The first-order chi connectivity index (χ1) is 6.49. The summed E-state index contributed by atoms with van der Waals surface area (Å²) in [6.07, 6.45) is 0.202. The van der Waals surface area contributed by atoms with Gasteiger partial charge in [-0.05, 0) is 12.5 Å². The average molecular weight is 283 g/mol. The van der Waals surface area contributed by atoms with Crippen LogP contribution in [0.2, 0.25) is 0 Å². The van der Waals surface area contributed by atoms with E-state index in [0.717, 1.165) is 4.90 Å². The number of likely N-dealkylation sites (tertiary alicyclic amines) is 1. The van der Waals surface area contributed by atoms with E-state index in [1.807, 2.05) is 0 Å². The maximum atomic E-state index is 11.1. The monoisotopic (exact) mass is 281 g/mol. The van der Waals surface area contributed by atoms with Crippen LogP contribution in [0.5, 0.6) is 0 Å². The quantitative estimate of drug-likeness (QED) is 0.370. The number of carboxylic acids is 1. The highest BCUT2D eigenvalue weighted by molar-refractivity contribution is 9.09. The van der Waals surface area contributed by atoms with Crippen molar-refractivity contribution in [2.45, 2.75) is 18.8 Å². The number of hydrogen-bond donors (Lipinski definition) is 1. The Morgan fingerprint density at radius 3 is 2.64 bits per heavy atom. The predicted octanol–water partition coefficient (Wildman–Crippen LogP) is 1.54. The van der Waals surface area contributed by atoms with E-state index in [2.05, 4.69) is 15.9 Å². The van der Waals surface area contributed by atoms with Crippen LogP contribution in [0.25, 0.3) is 0 Å². The number of carboxylic acid groups (broad SMARTS) is 1. The number of carbonyl (C=O) groups is 2. The van der Waals surface area contributed by atoms with Gasteiger partial charge in [0, 0.05) is 5.33 Å². The molecule has 0 radical (unpaired) electrons. The number of carbonyl (C=O) groups excluding carboxylic acids is 1. The summed E-state index contributed by atoms with van der Waals surface area (Å²) in [6, 6.07) is 0. The molecule has 1 rings (SSSR count). The Hall–Kier alpha value is -0.550. The summed E-state index contributed by atoms with van der Waals surface area (Å²) in [7, 11) is 0. The molecule has 0 spiro atoms. The van der Waals surface area contributed by atoms with Gasteiger partial charge in [0.25, 0.3) is 0 Å². The summed E-state index contributed by atoms with van der Waals surface area (Å²) in [6.45, 7) is 1.65. The fraction of sp³-hybridized carbons (Fsp3) is 0.500. The molecular weight excluding hydrogens is 273 g/mol. The van der Waals surface area contributed by atoms with Crippen molar-refractivity contribution in [3.8, 4) is 0 Å². The van der Waals surface area contributed by atoms with E-state index in [9.17, 15) is 9.59 Å². The molecular formula is C8H9BrClNO3. The molecule has 78 valence electrons. The van der Waals surface area contributed by atoms with Crippen LogP contribution in [-0.2, 0) is 9.59 Å². The van der Waals surface area contributed by atoms with Crippen molar-refractivity contribution in [2.75, 3.05) is 5.33 Å². The topological polar surface area (TPSA) is 57.6 Å². The van der Waals surface area contributed by atoms with Crippen LogP contribution in [0.15, 0.2) is 11.3 Å². The van der Waals surface area contributed by atoms with E-state index in [-0.39, 0.29) is 18.0 Å². The lowest BCUT2D eigenvalue weighted by atomic mass is 10.1. The van der Waals surface area contributed by atoms with Gasteiger partial charge in [0.15, 0.2) is 0 Å². The Bertz CT molecular complexity index is 316. The van der Waals surface area contributed by atoms with Gasteiger partial charge in [-0.2, -0.15) is 0 Å². The van der Waals surface area contributed by atoms with Crippen LogP contribution in [0, 0.1) is 0 Å². The van der Waals surface area contributed by atoms with E-state index in [1.54, 1.807) is 6.92 Å². The standard InChI is InChI=1S/C8H9BrClNO3/c1-4(3-9)7(8(13)14)11-5(10)2-6(11)12/h5H,2-3H2,1H3,(H,13,14). The number of rotatable bonds is 3. The van der Waals surface area contributed by atoms with Gasteiger partial charge in [-0.25, -0.2) is 4.79 Å². The number of halogens is 2. The Balaban J connectivity index is 3.00. The summed E-state index contributed by atoms with van der Waals surface area (Å²) in [4.78, 5) is 23.1. The summed E-state index contributed by atoms with van der Waals surface area (Å²) in [5.74, 6) is -1.37. The molecule has 1 amide bonds. The number of aliphatic carboxylic acids is 1. The van der Waals surface area contributed by atoms with Crippen LogP contribution in [0.1, 0.15) is 13.3 Å². The number of alkyl halides is 2. The van der Waals surface area contributed by atoms with Crippen molar-refractivity contribution < 1.29 is 14.7 Å². The minimum absolute atomic E-state index is 0.0156. The molecule has 0 aromatic heterocycles. The third kappa shape index (κ3) is 1.93. The molecule has 0 bridgehead atoms. The predicted molar refractivity (Wildman–Crippen MR) is 55.2 cm³/mol. The van der Waals surface area contributed by atoms with E-state index in [0.29, 0.717) is 10.9 Å². The summed E-state index contributed by atoms with van der Waals surface area (Å²) >= 11 is 8.88. The van der Waals surface area contributed by atoms with Gasteiger partial charge < -0.3 is 5.11 Å². The van der Waals surface area contributed by atoms with Gasteiger partial charge in [-0.1, -0.05) is 27.5 Å². The van der Waals surface area contributed by atoms with Gasteiger partial charge in [0.1, 0.15) is 11.2 Å². The Morgan fingerprint density at radius 2 is 2.36 bits per heavy atom. The van der Waals surface area contributed by atoms with E-state index < -0.39 is 11.5 Å². The fourth-order valence-corrected chi connectivity index (χ4v) is 1.80. The number of β-lactam (4-membered cyclic amide) rings is 1. The molecule has 1 heterocycles. The highest BCUT2D eigenvalue weighted by atomic mass is 79.9. The number of nitrogens with zero attached hydrogens (tertiary/aromatic N) is 1. The molecule has 1 atom stereocenters. The maximum Gasteiger partial charge on any atom is 0.352 e. The first-order valence-corrected chi connectivity index (χ1v) is 5.50. The van der Waals surface area contributed by atoms with Crippen molar-refractivity contribution in [2.24, 2.45) is 0 Å². The zero-order chi connectivity index (χ0) is 10.9. The first kappa shape index (κ1) is 11.5. The molecule has 0 saturated carbocycles. The summed E-state index contributed by atoms with van der Waals surface area (Å²) in [5, 5.41) is 9.32. The van der Waals surface area contributed by atoms with E-state index in [4.69, 9.17) is 16.7 Å². The Kier molecular flexibility index (Phi) is 3.55. The second-order valence-corrected chi connectivity index (χ2v) is 4.03. The molecule has 1 aliphatic rings. The van der Waals surface area contributed by atoms with Crippen molar-refractivity contribution in [1.29, 1.82) is 0 Å². The largest absolute Gasteiger partial charge is 0.477 e. The van der Waals surface area contributed by atoms with Crippen molar-refractivity contribution >= 4 is 39.4 Å². The smallest absolute Gasteiger partial charge is 0.352 e. The summed E-state index contributed by atoms with van der Waals surface area (Å²) in [5.41, 5.74) is 0.0388. The lowest BCUT2D eigenvalue weighted by Crippen LogP contribution is -2.50. The average Bonchev–Trinajstić information content (AvgIpc) is 2.12. The molecule has 1 saturated heterocycles. The van der Waals surface area contributed by atoms with Gasteiger partial charge in [-0.15, -0.1) is 0 Å². The van der Waals surface area contributed by atoms with Crippen molar-refractivity contribution in [3.63, 3.8) is 0 Å². The van der Waals surface area contributed by atoms with Crippen molar-refractivity contribution in [1.82, 2.24) is 4.90 Å². The van der Waals surface area contributed by atoms with E-state index >= 15 is 0 Å². The van der Waals surface area contributed by atoms with Gasteiger partial charge in [-0.3, -0.25) is 9.69 Å². The number of allylic oxidation sites excluding steroid dienone is 1. The Morgan fingerprint density at radius 1 is 1.79 bits per heavy atom. The highest BCUT2D eigenvalue weighted by Gasteiger charge is 2.40. The third-order valence-electron chi connectivity index (χ3n) is 1.94. The molecule has 0 aliphatic carbocycles. The molecule has 1 fully saturated rings. The normalized spacial score (nSPS) is 22.9. The second-order valence-electron chi connectivity index (χ2n) is 2.97. The van der Waals surface area contributed by atoms with Gasteiger partial charge in [0.2, 0.25) is 5.91 Å². The Labute approximate surface area is 94.6 Å². The zero-order valence-electron chi connectivity index (χ0n) is 7.46. The minimum Gasteiger partial charge on any atom is -0.477 e. The van der Waals surface area contributed by atoms with Gasteiger partial charge in [0.05, 0.1) is 6.42 Å². The number of amides is 1. The second kappa shape index (κ2) is 4.31. The molecule has 1 aliphatic heterocycles. The molecule has 14 heavy (non-hydrogen) atoms. The molecule has 0 aromatic rings. The molecule has 1 N–H and O–H groups in total. The maximum absolute atomic E-state index is 11.1. The van der Waals surface area contributed by atoms with Crippen LogP contribution in [-0.4, -0.2) is 32.7 Å². The zero-order valence-corrected chi connectivity index (χ0v) is 9.80. The molecule has 6 heteroatoms. The fourth-order valence-electron chi connectivity index (χ4n) is 1.20. The van der Waals surface area contributed by atoms with Crippen LogP contribution < -0.4 is 0 Å². The SMILES string of the molecule is CC(CBr)=C(C(=O)O)N1C(=O)CC1Cl. The lowest BCUT2D eigenvalue weighted by molar-refractivity contribution is -0.146. The number of hydrogen-bond acceptors (Lipinski definition) is 2. The highest BCUT2D eigenvalue weighted by Crippen LogP contribution is 2.29. The third-order valence-corrected chi connectivity index (χ3v) is 3.13. The van der Waals surface area contributed by atoms with Crippen LogP contribution >= 0.6 is 27.5 Å². The van der Waals surface area contributed by atoms with Crippen LogP contribution in [0.4, 0.5) is 0 Å². The van der Waals surface area contributed by atoms with Crippen LogP contribution in [0.3, 0.4) is 0 Å². The molecule has 4 nitrogen and oxygen atoms in total. The lowest BCUT2D eigenvalue weighted by Gasteiger charge is -2.36. The van der Waals surface area contributed by atoms with Gasteiger partial charge >= 0.3 is 5.97 Å². The minimum atomic E-state index is -1.12. The van der Waals surface area contributed by atoms with E-state index in [1.165, 1.54) is 0 Å². The first-order valence-electron chi connectivity index (χ1n) is 3.94. The summed E-state index contributed by atoms with van der Waals surface area (Å²) < 4.78 is 0.